The van der Waals surface area contributed by atoms with Crippen LogP contribution in [0.25, 0.3) is 111 Å². The Kier molecular flexibility index (Phi) is 13.3. The highest BCUT2D eigenvalue weighted by Crippen LogP contribution is 2.69. The van der Waals surface area contributed by atoms with Crippen LogP contribution in [-0.2, 0) is 5.41 Å². The fourth-order valence-electron chi connectivity index (χ4n) is 15.8. The molecule has 0 saturated carbocycles. The number of fused-ring (bicyclic) bond motifs is 18. The minimum atomic E-state index is -1.30. The molecule has 0 aliphatic heterocycles. The lowest BCUT2D eigenvalue weighted by Gasteiger charge is -2.34. The van der Waals surface area contributed by atoms with Crippen LogP contribution in [0.1, 0.15) is 72.9 Å². The van der Waals surface area contributed by atoms with Crippen LogP contribution in [0, 0.1) is 5.82 Å². The van der Waals surface area contributed by atoms with Crippen molar-refractivity contribution in [2.24, 2.45) is 0 Å². The van der Waals surface area contributed by atoms with Crippen LogP contribution in [0.2, 0.25) is 0 Å². The van der Waals surface area contributed by atoms with Crippen molar-refractivity contribution in [3.8, 4) is 66.8 Å². The molecule has 0 atom stereocenters. The van der Waals surface area contributed by atoms with Crippen LogP contribution >= 0.6 is 0 Å². The summed E-state index contributed by atoms with van der Waals surface area (Å²) in [4.78, 5) is 4.63. The van der Waals surface area contributed by atoms with Gasteiger partial charge in [-0.15, -0.1) is 0 Å². The molecule has 0 unspecified atom stereocenters. The van der Waals surface area contributed by atoms with Crippen molar-refractivity contribution in [2.75, 3.05) is 9.80 Å². The van der Waals surface area contributed by atoms with Gasteiger partial charge in [-0.05, 0) is 139 Å². The van der Waals surface area contributed by atoms with Crippen molar-refractivity contribution in [1.29, 1.82) is 0 Å². The van der Waals surface area contributed by atoms with Crippen molar-refractivity contribution in [2.45, 2.75) is 44.9 Å². The molecular formula is C91H65FN2O2. The second kappa shape index (κ2) is 22.5. The number of anilines is 6. The van der Waals surface area contributed by atoms with E-state index in [1.54, 1.807) is 0 Å². The first-order valence-corrected chi connectivity index (χ1v) is 33.4. The van der Waals surface area contributed by atoms with Gasteiger partial charge >= 0.3 is 0 Å². The fraction of sp³-hybridized carbons (Fsp3) is 0.0769. The second-order valence-corrected chi connectivity index (χ2v) is 26.3. The fourth-order valence-corrected chi connectivity index (χ4v) is 15.8. The van der Waals surface area contributed by atoms with Gasteiger partial charge in [-0.1, -0.05) is 282 Å². The van der Waals surface area contributed by atoms with E-state index in [9.17, 15) is 0 Å². The average molecular weight is 1240 g/mol. The SMILES string of the molecule is CC(C)c1ccc(N(c2cc(-c3ccccc3)ccc2-c2ccccc2)c2c(F)c3c(c4c2oc2ccccc24)-c2c(cc(N(c4ccc(C(C)C)cc4)c4cc(-c5ccccc5)ccc4-c4ccccc4)c4c2oc2ccccc24)C32c3ccccc3-c3ccccc32)cc1. The summed E-state index contributed by atoms with van der Waals surface area (Å²) in [5, 5.41) is 3.53. The Labute approximate surface area is 558 Å². The first-order chi connectivity index (χ1) is 47.2. The molecule has 0 saturated heterocycles. The number of para-hydroxylation sites is 2. The number of furan rings is 2. The molecule has 0 N–H and O–H groups in total. The summed E-state index contributed by atoms with van der Waals surface area (Å²) in [5.74, 6) is 0.148. The van der Waals surface area contributed by atoms with E-state index in [0.29, 0.717) is 33.9 Å². The predicted octanol–water partition coefficient (Wildman–Crippen LogP) is 25.8. The predicted molar refractivity (Wildman–Crippen MR) is 397 cm³/mol. The second-order valence-electron chi connectivity index (χ2n) is 26.3. The number of hydrogen-bond donors (Lipinski definition) is 0. The molecule has 2 aliphatic carbocycles. The van der Waals surface area contributed by atoms with Gasteiger partial charge in [0, 0.05) is 55.4 Å². The number of nitrogens with zero attached hydrogens (tertiary/aromatic N) is 2. The van der Waals surface area contributed by atoms with Crippen LogP contribution in [0.5, 0.6) is 0 Å². The molecule has 16 aromatic rings. The summed E-state index contributed by atoms with van der Waals surface area (Å²) in [6.45, 7) is 8.92. The molecule has 0 amide bonds. The van der Waals surface area contributed by atoms with Crippen molar-refractivity contribution in [3.05, 3.63) is 349 Å². The van der Waals surface area contributed by atoms with E-state index in [1.807, 2.05) is 24.3 Å². The van der Waals surface area contributed by atoms with Gasteiger partial charge in [-0.2, -0.15) is 0 Å². The third-order valence-corrected chi connectivity index (χ3v) is 20.3. The van der Waals surface area contributed by atoms with Gasteiger partial charge in [0.1, 0.15) is 22.4 Å². The van der Waals surface area contributed by atoms with E-state index in [-0.39, 0.29) is 5.92 Å². The molecule has 0 fully saturated rings. The van der Waals surface area contributed by atoms with Crippen molar-refractivity contribution < 1.29 is 13.2 Å². The topological polar surface area (TPSA) is 32.8 Å². The Morgan fingerprint density at radius 2 is 0.740 bits per heavy atom. The van der Waals surface area contributed by atoms with Gasteiger partial charge in [-0.3, -0.25) is 0 Å². The monoisotopic (exact) mass is 1240 g/mol. The average Bonchev–Trinajstić information content (AvgIpc) is 1.48. The number of hydrogen-bond acceptors (Lipinski definition) is 4. The maximum Gasteiger partial charge on any atom is 0.163 e. The van der Waals surface area contributed by atoms with Crippen molar-refractivity contribution in [1.82, 2.24) is 0 Å². The molecule has 4 nitrogen and oxygen atoms in total. The molecule has 0 bridgehead atoms. The summed E-state index contributed by atoms with van der Waals surface area (Å²) in [7, 11) is 0. The number of benzene rings is 14. The molecule has 5 heteroatoms. The summed E-state index contributed by atoms with van der Waals surface area (Å²) in [6.07, 6.45) is 0. The first kappa shape index (κ1) is 56.9. The highest BCUT2D eigenvalue weighted by atomic mass is 19.1. The number of halogens is 1. The Morgan fingerprint density at radius 1 is 0.323 bits per heavy atom. The van der Waals surface area contributed by atoms with Crippen LogP contribution in [0.15, 0.2) is 318 Å². The lowest BCUT2D eigenvalue weighted by Crippen LogP contribution is -2.28. The lowest BCUT2D eigenvalue weighted by molar-refractivity contribution is 0.588. The molecule has 96 heavy (non-hydrogen) atoms. The highest BCUT2D eigenvalue weighted by molar-refractivity contribution is 6.27. The Morgan fingerprint density at radius 3 is 1.24 bits per heavy atom. The first-order valence-electron chi connectivity index (χ1n) is 33.4. The summed E-state index contributed by atoms with van der Waals surface area (Å²) in [5.41, 5.74) is 23.6. The molecule has 14 aromatic carbocycles. The highest BCUT2D eigenvalue weighted by Gasteiger charge is 2.57. The maximum absolute atomic E-state index is 21.7. The van der Waals surface area contributed by atoms with Gasteiger partial charge in [0.05, 0.1) is 27.9 Å². The smallest absolute Gasteiger partial charge is 0.163 e. The molecule has 0 radical (unpaired) electrons. The minimum absolute atomic E-state index is 0.251. The van der Waals surface area contributed by atoms with Gasteiger partial charge in [0.2, 0.25) is 0 Å². The molecule has 1 spiro atoms. The van der Waals surface area contributed by atoms with Gasteiger partial charge in [0.15, 0.2) is 11.4 Å². The van der Waals surface area contributed by atoms with Crippen molar-refractivity contribution in [3.63, 3.8) is 0 Å². The van der Waals surface area contributed by atoms with E-state index in [4.69, 9.17) is 8.83 Å². The van der Waals surface area contributed by atoms with Crippen LogP contribution in [-0.4, -0.2) is 0 Å². The quantitative estimate of drug-likeness (QED) is 0.122. The molecule has 18 rings (SSSR count). The third-order valence-electron chi connectivity index (χ3n) is 20.3. The summed E-state index contributed by atoms with van der Waals surface area (Å²) >= 11 is 0. The Balaban J connectivity index is 1.04. The zero-order valence-electron chi connectivity index (χ0n) is 53.7. The largest absolute Gasteiger partial charge is 0.455 e. The van der Waals surface area contributed by atoms with Gasteiger partial charge in [0.25, 0.3) is 0 Å². The normalized spacial score (nSPS) is 12.7. The van der Waals surface area contributed by atoms with E-state index < -0.39 is 11.2 Å². The Hall–Kier alpha value is -11.8. The van der Waals surface area contributed by atoms with Crippen LogP contribution in [0.3, 0.4) is 0 Å². The zero-order valence-corrected chi connectivity index (χ0v) is 53.7. The van der Waals surface area contributed by atoms with Crippen molar-refractivity contribution >= 4 is 78.0 Å². The maximum atomic E-state index is 21.7. The Bertz CT molecular complexity index is 5670. The molecular weight excluding hydrogens is 1170 g/mol. The third kappa shape index (κ3) is 8.66. The zero-order chi connectivity index (χ0) is 64.3. The molecule has 458 valence electrons. The number of rotatable bonds is 12. The van der Waals surface area contributed by atoms with Gasteiger partial charge < -0.3 is 18.6 Å². The lowest BCUT2D eigenvalue weighted by atomic mass is 9.70. The van der Waals surface area contributed by atoms with Crippen LogP contribution in [0.4, 0.5) is 38.5 Å². The summed E-state index contributed by atoms with van der Waals surface area (Å²) < 4.78 is 36.9. The van der Waals surface area contributed by atoms with E-state index in [0.717, 1.165) is 139 Å². The van der Waals surface area contributed by atoms with Crippen LogP contribution < -0.4 is 9.80 Å². The molecule has 2 heterocycles. The molecule has 2 aliphatic rings. The van der Waals surface area contributed by atoms with E-state index in [2.05, 4.69) is 323 Å². The standard InChI is InChI=1S/C91H65FN2O2/c1-56(2)58-41-47-66(48-42-58)93(77-53-64(60-25-9-5-10-26-60)45-51-68(77)62-29-13-7-14-30-62)79-55-76-84(89-82(79)72-35-19-23-39-80(72)95-89)85-83-73-36-20-24-40-81(73)96-90(83)88(87(92)86(85)91(76)74-37-21-17-33-70(74)71-34-18-22-38-75(71)91)94(67-49-43-59(44-50-67)57(3)4)78-54-65(61-27-11-6-12-28-61)46-52-69(78)63-31-15-8-16-32-63/h5-57H,1-4H3. The van der Waals surface area contributed by atoms with E-state index >= 15 is 4.39 Å². The van der Waals surface area contributed by atoms with Gasteiger partial charge in [-0.25, -0.2) is 4.39 Å². The minimum Gasteiger partial charge on any atom is -0.455 e. The summed E-state index contributed by atoms with van der Waals surface area (Å²) in [6, 6.07) is 110. The molecule has 2 aromatic heterocycles. The van der Waals surface area contributed by atoms with E-state index in [1.165, 1.54) is 11.1 Å².